The van der Waals surface area contributed by atoms with Crippen molar-refractivity contribution in [2.45, 2.75) is 51.3 Å². The maximum Gasteiger partial charge on any atom is 0.224 e. The largest absolute Gasteiger partial charge is 0.492 e. The Kier molecular flexibility index (Phi) is 8.26. The third kappa shape index (κ3) is 6.42. The molecule has 31 heavy (non-hydrogen) atoms. The summed E-state index contributed by atoms with van der Waals surface area (Å²) in [6, 6.07) is 12.5. The van der Waals surface area contributed by atoms with E-state index in [4.69, 9.17) is 4.74 Å². The van der Waals surface area contributed by atoms with Crippen LogP contribution in [0, 0.1) is 0 Å². The fourth-order valence-corrected chi connectivity index (χ4v) is 3.97. The second-order valence-corrected chi connectivity index (χ2v) is 8.19. The normalized spacial score (nSPS) is 19.3. The molecule has 2 unspecified atom stereocenters. The van der Waals surface area contributed by atoms with Gasteiger partial charge in [-0.05, 0) is 50.5 Å². The molecule has 0 spiro atoms. The standard InChI is InChI=1S/C24H34N4O3/c1-17-4-5-18(2)28(17)23-11-8-20(15-27-23)22(29)16-26-12-13-31-21-9-6-19(7-10-21)14-24(30)25-3/h6-11,15,17-18,22,26,29H,4-5,12-14,16H2,1-3H3,(H,25,30)/t17?,18?,22-/m0/s1. The van der Waals surface area contributed by atoms with Crippen molar-refractivity contribution in [3.05, 3.63) is 53.7 Å². The number of aliphatic hydroxyl groups is 1. The molecule has 3 N–H and O–H groups in total. The zero-order chi connectivity index (χ0) is 22.2. The van der Waals surface area contributed by atoms with Crippen molar-refractivity contribution in [2.24, 2.45) is 0 Å². The maximum atomic E-state index is 11.4. The van der Waals surface area contributed by atoms with Crippen LogP contribution < -0.4 is 20.3 Å². The molecule has 0 saturated carbocycles. The van der Waals surface area contributed by atoms with Crippen LogP contribution in [0.1, 0.15) is 43.9 Å². The number of carbonyl (C=O) groups excluding carboxylic acids is 1. The molecular formula is C24H34N4O3. The fraction of sp³-hybridized carbons (Fsp3) is 0.500. The highest BCUT2D eigenvalue weighted by Gasteiger charge is 2.28. The molecule has 1 aromatic carbocycles. The summed E-state index contributed by atoms with van der Waals surface area (Å²) in [6.45, 7) is 6.01. The molecule has 3 atom stereocenters. The minimum absolute atomic E-state index is 0.0126. The summed E-state index contributed by atoms with van der Waals surface area (Å²) in [7, 11) is 1.63. The Morgan fingerprint density at radius 1 is 1.19 bits per heavy atom. The van der Waals surface area contributed by atoms with Crippen molar-refractivity contribution in [1.29, 1.82) is 0 Å². The SMILES string of the molecule is CNC(=O)Cc1ccc(OCCNC[C@H](O)c2ccc(N3C(C)CCC3C)nc2)cc1. The van der Waals surface area contributed by atoms with E-state index in [1.54, 1.807) is 13.2 Å². The van der Waals surface area contributed by atoms with Crippen LogP contribution in [0.3, 0.4) is 0 Å². The fourth-order valence-electron chi connectivity index (χ4n) is 3.97. The number of pyridine rings is 1. The number of hydrogen-bond donors (Lipinski definition) is 3. The van der Waals surface area contributed by atoms with Crippen LogP contribution in [0.25, 0.3) is 0 Å². The van der Waals surface area contributed by atoms with Crippen molar-refractivity contribution in [3.63, 3.8) is 0 Å². The summed E-state index contributed by atoms with van der Waals surface area (Å²) in [6.07, 6.45) is 3.91. The molecule has 0 aliphatic carbocycles. The predicted octanol–water partition coefficient (Wildman–Crippen LogP) is 2.45. The molecule has 7 heteroatoms. The molecule has 1 fully saturated rings. The monoisotopic (exact) mass is 426 g/mol. The summed E-state index contributed by atoms with van der Waals surface area (Å²) in [5.41, 5.74) is 1.75. The van der Waals surface area contributed by atoms with Gasteiger partial charge in [-0.1, -0.05) is 18.2 Å². The summed E-state index contributed by atoms with van der Waals surface area (Å²) in [5.74, 6) is 1.73. The Morgan fingerprint density at radius 2 is 1.90 bits per heavy atom. The maximum absolute atomic E-state index is 11.4. The van der Waals surface area contributed by atoms with E-state index >= 15 is 0 Å². The summed E-state index contributed by atoms with van der Waals surface area (Å²) in [5, 5.41) is 16.3. The first-order valence-electron chi connectivity index (χ1n) is 11.0. The van der Waals surface area contributed by atoms with Gasteiger partial charge in [0.05, 0.1) is 12.5 Å². The Bertz CT molecular complexity index is 816. The topological polar surface area (TPSA) is 86.7 Å². The molecular weight excluding hydrogens is 392 g/mol. The van der Waals surface area contributed by atoms with Crippen LogP contribution in [-0.2, 0) is 11.2 Å². The van der Waals surface area contributed by atoms with E-state index < -0.39 is 6.10 Å². The first kappa shape index (κ1) is 23.0. The molecule has 1 aliphatic rings. The van der Waals surface area contributed by atoms with Gasteiger partial charge in [0.2, 0.25) is 5.91 Å². The van der Waals surface area contributed by atoms with Crippen molar-refractivity contribution in [3.8, 4) is 5.75 Å². The van der Waals surface area contributed by atoms with Crippen molar-refractivity contribution in [1.82, 2.24) is 15.6 Å². The minimum Gasteiger partial charge on any atom is -0.492 e. The molecule has 2 heterocycles. The van der Waals surface area contributed by atoms with Gasteiger partial charge in [0, 0.05) is 44.0 Å². The van der Waals surface area contributed by atoms with Gasteiger partial charge in [0.1, 0.15) is 18.2 Å². The lowest BCUT2D eigenvalue weighted by molar-refractivity contribution is -0.119. The second-order valence-electron chi connectivity index (χ2n) is 8.19. The van der Waals surface area contributed by atoms with Crippen LogP contribution in [-0.4, -0.2) is 54.8 Å². The average Bonchev–Trinajstić information content (AvgIpc) is 3.12. The Morgan fingerprint density at radius 3 is 2.52 bits per heavy atom. The summed E-state index contributed by atoms with van der Waals surface area (Å²) < 4.78 is 5.71. The first-order valence-corrected chi connectivity index (χ1v) is 11.0. The quantitative estimate of drug-likeness (QED) is 0.506. The zero-order valence-corrected chi connectivity index (χ0v) is 18.7. The molecule has 168 valence electrons. The number of ether oxygens (including phenoxy) is 1. The smallest absolute Gasteiger partial charge is 0.224 e. The lowest BCUT2D eigenvalue weighted by atomic mass is 10.1. The van der Waals surface area contributed by atoms with Gasteiger partial charge < -0.3 is 25.4 Å². The minimum atomic E-state index is -0.612. The molecule has 7 nitrogen and oxygen atoms in total. The summed E-state index contributed by atoms with van der Waals surface area (Å²) >= 11 is 0. The third-order valence-corrected chi connectivity index (χ3v) is 5.82. The van der Waals surface area contributed by atoms with Gasteiger partial charge in [-0.3, -0.25) is 4.79 Å². The number of benzene rings is 1. The molecule has 1 aliphatic heterocycles. The van der Waals surface area contributed by atoms with Crippen LogP contribution in [0.2, 0.25) is 0 Å². The molecule has 1 aromatic heterocycles. The van der Waals surface area contributed by atoms with Gasteiger partial charge >= 0.3 is 0 Å². The average molecular weight is 427 g/mol. The van der Waals surface area contributed by atoms with E-state index in [0.29, 0.717) is 38.2 Å². The molecule has 0 radical (unpaired) electrons. The number of likely N-dealkylation sites (N-methyl/N-ethyl adjacent to an activating group) is 1. The van der Waals surface area contributed by atoms with Crippen LogP contribution in [0.4, 0.5) is 5.82 Å². The molecule has 1 saturated heterocycles. The number of nitrogens with one attached hydrogen (secondary N) is 2. The van der Waals surface area contributed by atoms with Gasteiger partial charge in [-0.2, -0.15) is 0 Å². The second kappa shape index (κ2) is 11.1. The number of hydrogen-bond acceptors (Lipinski definition) is 6. The van der Waals surface area contributed by atoms with Gasteiger partial charge in [0.15, 0.2) is 0 Å². The van der Waals surface area contributed by atoms with Crippen LogP contribution in [0.15, 0.2) is 42.6 Å². The number of nitrogens with zero attached hydrogens (tertiary/aromatic N) is 2. The zero-order valence-electron chi connectivity index (χ0n) is 18.7. The van der Waals surface area contributed by atoms with E-state index in [9.17, 15) is 9.90 Å². The molecule has 2 aromatic rings. The highest BCUT2D eigenvalue weighted by Crippen LogP contribution is 2.29. The van der Waals surface area contributed by atoms with E-state index in [2.05, 4.69) is 34.4 Å². The number of rotatable bonds is 10. The van der Waals surface area contributed by atoms with E-state index in [1.807, 2.05) is 36.4 Å². The summed E-state index contributed by atoms with van der Waals surface area (Å²) in [4.78, 5) is 18.3. The molecule has 3 rings (SSSR count). The number of carbonyl (C=O) groups is 1. The lowest BCUT2D eigenvalue weighted by Gasteiger charge is -2.27. The Labute approximate surface area is 184 Å². The number of amides is 1. The van der Waals surface area contributed by atoms with Crippen molar-refractivity contribution >= 4 is 11.7 Å². The van der Waals surface area contributed by atoms with E-state index in [0.717, 1.165) is 22.7 Å². The van der Waals surface area contributed by atoms with Crippen LogP contribution in [0.5, 0.6) is 5.75 Å². The van der Waals surface area contributed by atoms with E-state index in [1.165, 1.54) is 12.8 Å². The van der Waals surface area contributed by atoms with Gasteiger partial charge in [-0.15, -0.1) is 0 Å². The van der Waals surface area contributed by atoms with Crippen LogP contribution >= 0.6 is 0 Å². The number of aliphatic hydroxyl groups excluding tert-OH is 1. The van der Waals surface area contributed by atoms with Crippen molar-refractivity contribution < 1.29 is 14.6 Å². The predicted molar refractivity (Wildman–Crippen MR) is 122 cm³/mol. The number of anilines is 1. The Balaban J connectivity index is 1.37. The first-order chi connectivity index (χ1) is 15.0. The highest BCUT2D eigenvalue weighted by molar-refractivity contribution is 5.78. The molecule has 1 amide bonds. The number of aromatic nitrogens is 1. The van der Waals surface area contributed by atoms with E-state index in [-0.39, 0.29) is 5.91 Å². The van der Waals surface area contributed by atoms with Crippen molar-refractivity contribution in [2.75, 3.05) is 31.6 Å². The third-order valence-electron chi connectivity index (χ3n) is 5.82. The van der Waals surface area contributed by atoms with Gasteiger partial charge in [-0.25, -0.2) is 4.98 Å². The highest BCUT2D eigenvalue weighted by atomic mass is 16.5. The Hall–Kier alpha value is -2.64. The molecule has 0 bridgehead atoms. The lowest BCUT2D eigenvalue weighted by Crippen LogP contribution is -2.33. The van der Waals surface area contributed by atoms with Gasteiger partial charge in [0.25, 0.3) is 0 Å².